The van der Waals surface area contributed by atoms with Crippen LogP contribution in [-0.2, 0) is 20.9 Å². The zero-order valence-electron chi connectivity index (χ0n) is 13.0. The minimum absolute atomic E-state index is 0.124. The van der Waals surface area contributed by atoms with E-state index < -0.39 is 6.10 Å². The normalized spacial score (nSPS) is 17.8. The molecule has 6 nitrogen and oxygen atoms in total. The number of hydrazone groups is 1. The highest BCUT2D eigenvalue weighted by molar-refractivity contribution is 6.30. The van der Waals surface area contributed by atoms with Gasteiger partial charge in [-0.15, -0.1) is 0 Å². The lowest BCUT2D eigenvalue weighted by atomic mass is 10.2. The Labute approximate surface area is 140 Å². The van der Waals surface area contributed by atoms with Crippen molar-refractivity contribution in [3.05, 3.63) is 34.9 Å². The van der Waals surface area contributed by atoms with E-state index in [4.69, 9.17) is 16.3 Å². The molecule has 1 unspecified atom stereocenters. The Hall–Kier alpha value is -1.92. The van der Waals surface area contributed by atoms with Crippen LogP contribution in [0, 0.1) is 0 Å². The van der Waals surface area contributed by atoms with Gasteiger partial charge in [0.15, 0.2) is 0 Å². The van der Waals surface area contributed by atoms with E-state index in [1.807, 2.05) is 12.1 Å². The number of hydrogen-bond donors (Lipinski definition) is 2. The Bertz CT molecular complexity index is 581. The Morgan fingerprint density at radius 2 is 2.09 bits per heavy atom. The number of amides is 2. The Morgan fingerprint density at radius 1 is 1.35 bits per heavy atom. The molecule has 0 aliphatic carbocycles. The summed E-state index contributed by atoms with van der Waals surface area (Å²) in [7, 11) is 0. The van der Waals surface area contributed by atoms with Crippen molar-refractivity contribution in [2.24, 2.45) is 5.10 Å². The highest BCUT2D eigenvalue weighted by Crippen LogP contribution is 2.11. The Kier molecular flexibility index (Phi) is 6.55. The van der Waals surface area contributed by atoms with Gasteiger partial charge in [0, 0.05) is 23.9 Å². The maximum Gasteiger partial charge on any atom is 0.269 e. The summed E-state index contributed by atoms with van der Waals surface area (Å²) in [6, 6.07) is 7.25. The van der Waals surface area contributed by atoms with Gasteiger partial charge >= 0.3 is 0 Å². The molecule has 7 heteroatoms. The molecule has 1 aromatic carbocycles. The average molecular weight is 338 g/mol. The number of halogens is 1. The minimum Gasteiger partial charge on any atom is -0.368 e. The van der Waals surface area contributed by atoms with Crippen molar-refractivity contribution in [2.45, 2.75) is 38.8 Å². The summed E-state index contributed by atoms with van der Waals surface area (Å²) in [5.74, 6) is -0.420. The molecular weight excluding hydrogens is 318 g/mol. The van der Waals surface area contributed by atoms with Crippen LogP contribution in [0.15, 0.2) is 29.4 Å². The van der Waals surface area contributed by atoms with Crippen molar-refractivity contribution in [2.75, 3.05) is 6.61 Å². The van der Waals surface area contributed by atoms with Crippen molar-refractivity contribution in [1.82, 2.24) is 10.7 Å². The third kappa shape index (κ3) is 6.00. The zero-order chi connectivity index (χ0) is 16.7. The van der Waals surface area contributed by atoms with Gasteiger partial charge in [-0.3, -0.25) is 9.59 Å². The van der Waals surface area contributed by atoms with Crippen LogP contribution in [0.25, 0.3) is 0 Å². The molecule has 23 heavy (non-hydrogen) atoms. The van der Waals surface area contributed by atoms with Crippen LogP contribution in [0.5, 0.6) is 0 Å². The molecule has 1 heterocycles. The van der Waals surface area contributed by atoms with E-state index in [9.17, 15) is 9.59 Å². The molecule has 1 saturated heterocycles. The summed E-state index contributed by atoms with van der Waals surface area (Å²) < 4.78 is 5.25. The van der Waals surface area contributed by atoms with E-state index in [1.165, 1.54) is 0 Å². The first-order valence-electron chi connectivity index (χ1n) is 7.50. The van der Waals surface area contributed by atoms with Crippen molar-refractivity contribution < 1.29 is 14.3 Å². The van der Waals surface area contributed by atoms with E-state index in [0.717, 1.165) is 12.0 Å². The Morgan fingerprint density at radius 3 is 2.74 bits per heavy atom. The van der Waals surface area contributed by atoms with Crippen LogP contribution < -0.4 is 10.7 Å². The number of ether oxygens (including phenoxy) is 1. The minimum atomic E-state index is -0.426. The van der Waals surface area contributed by atoms with E-state index in [1.54, 1.807) is 19.1 Å². The maximum absolute atomic E-state index is 11.8. The van der Waals surface area contributed by atoms with Crippen molar-refractivity contribution in [1.29, 1.82) is 0 Å². The summed E-state index contributed by atoms with van der Waals surface area (Å²) in [6.07, 6.45) is 1.29. The van der Waals surface area contributed by atoms with Crippen LogP contribution >= 0.6 is 11.6 Å². The molecule has 0 radical (unpaired) electrons. The molecule has 1 fully saturated rings. The molecule has 1 aliphatic rings. The molecule has 0 aromatic heterocycles. The second-order valence-corrected chi connectivity index (χ2v) is 5.84. The van der Waals surface area contributed by atoms with Gasteiger partial charge < -0.3 is 10.1 Å². The third-order valence-corrected chi connectivity index (χ3v) is 3.65. The molecular formula is C16H20ClN3O3. The number of benzene rings is 1. The van der Waals surface area contributed by atoms with Gasteiger partial charge in [0.25, 0.3) is 5.91 Å². The lowest BCUT2D eigenvalue weighted by Crippen LogP contribution is -2.32. The van der Waals surface area contributed by atoms with Gasteiger partial charge in [0.05, 0.1) is 6.42 Å². The third-order valence-electron chi connectivity index (χ3n) is 3.40. The van der Waals surface area contributed by atoms with Gasteiger partial charge in [-0.05, 0) is 37.5 Å². The molecule has 0 spiro atoms. The molecule has 0 saturated carbocycles. The second kappa shape index (κ2) is 8.64. The van der Waals surface area contributed by atoms with Crippen LogP contribution in [0.4, 0.5) is 0 Å². The van der Waals surface area contributed by atoms with Crippen LogP contribution in [-0.4, -0.2) is 30.2 Å². The van der Waals surface area contributed by atoms with Crippen molar-refractivity contribution in [3.63, 3.8) is 0 Å². The van der Waals surface area contributed by atoms with E-state index >= 15 is 0 Å². The first-order valence-corrected chi connectivity index (χ1v) is 7.88. The number of hydrogen-bond acceptors (Lipinski definition) is 4. The molecule has 1 aromatic rings. The molecule has 0 bridgehead atoms. The highest BCUT2D eigenvalue weighted by atomic mass is 35.5. The van der Waals surface area contributed by atoms with Gasteiger partial charge in [-0.25, -0.2) is 5.43 Å². The number of carbonyl (C=O) groups is 2. The zero-order valence-corrected chi connectivity index (χ0v) is 13.7. The molecule has 2 N–H and O–H groups in total. The van der Waals surface area contributed by atoms with Crippen molar-refractivity contribution >= 4 is 29.1 Å². The number of nitrogens with one attached hydrogen (secondary N) is 2. The molecule has 2 rings (SSSR count). The van der Waals surface area contributed by atoms with Gasteiger partial charge in [-0.1, -0.05) is 23.7 Å². The predicted octanol–water partition coefficient (Wildman–Crippen LogP) is 2.02. The van der Waals surface area contributed by atoms with Crippen molar-refractivity contribution in [3.8, 4) is 0 Å². The second-order valence-electron chi connectivity index (χ2n) is 5.40. The highest BCUT2D eigenvalue weighted by Gasteiger charge is 2.23. The van der Waals surface area contributed by atoms with E-state index in [2.05, 4.69) is 15.8 Å². The first kappa shape index (κ1) is 17.4. The standard InChI is InChI=1S/C16H20ClN3O3/c1-11(19-20-16(22)14-3-2-8-23-14)9-15(21)18-10-12-4-6-13(17)7-5-12/h4-7,14H,2-3,8-10H2,1H3,(H,18,21)(H,20,22). The maximum atomic E-state index is 11.8. The number of rotatable bonds is 6. The summed E-state index contributed by atoms with van der Waals surface area (Å²) in [5.41, 5.74) is 3.93. The monoisotopic (exact) mass is 337 g/mol. The quantitative estimate of drug-likeness (QED) is 0.615. The summed E-state index contributed by atoms with van der Waals surface area (Å²) >= 11 is 5.80. The molecule has 124 valence electrons. The average Bonchev–Trinajstić information content (AvgIpc) is 3.06. The fourth-order valence-electron chi connectivity index (χ4n) is 2.14. The predicted molar refractivity (Wildman–Crippen MR) is 88.1 cm³/mol. The number of carbonyl (C=O) groups excluding carboxylic acids is 2. The van der Waals surface area contributed by atoms with Gasteiger partial charge in [0.2, 0.25) is 5.91 Å². The topological polar surface area (TPSA) is 79.8 Å². The molecule has 2 amide bonds. The summed E-state index contributed by atoms with van der Waals surface area (Å²) in [6.45, 7) is 2.72. The Balaban J connectivity index is 1.71. The molecule has 1 aliphatic heterocycles. The summed E-state index contributed by atoms with van der Waals surface area (Å²) in [5, 5.41) is 7.38. The SMILES string of the molecule is CC(CC(=O)NCc1ccc(Cl)cc1)=NNC(=O)C1CCCO1. The fourth-order valence-corrected chi connectivity index (χ4v) is 2.27. The lowest BCUT2D eigenvalue weighted by molar-refractivity contribution is -0.130. The lowest BCUT2D eigenvalue weighted by Gasteiger charge is -2.08. The fraction of sp³-hybridized carbons (Fsp3) is 0.438. The van der Waals surface area contributed by atoms with Gasteiger partial charge in [0.1, 0.15) is 6.10 Å². The van der Waals surface area contributed by atoms with E-state index in [-0.39, 0.29) is 18.2 Å². The molecule has 1 atom stereocenters. The van der Waals surface area contributed by atoms with Crippen LogP contribution in [0.3, 0.4) is 0 Å². The number of nitrogens with zero attached hydrogens (tertiary/aromatic N) is 1. The largest absolute Gasteiger partial charge is 0.368 e. The van der Waals surface area contributed by atoms with Crippen LogP contribution in [0.1, 0.15) is 31.7 Å². The summed E-state index contributed by atoms with van der Waals surface area (Å²) in [4.78, 5) is 23.6. The smallest absolute Gasteiger partial charge is 0.269 e. The van der Waals surface area contributed by atoms with Crippen LogP contribution in [0.2, 0.25) is 5.02 Å². The first-order chi connectivity index (χ1) is 11.0. The van der Waals surface area contributed by atoms with E-state index in [0.29, 0.717) is 30.3 Å². The van der Waals surface area contributed by atoms with Gasteiger partial charge in [-0.2, -0.15) is 5.10 Å².